The van der Waals surface area contributed by atoms with Crippen molar-refractivity contribution >= 4 is 34.7 Å². The number of nitrogens with one attached hydrogen (secondary N) is 1. The molecule has 1 aromatic rings. The highest BCUT2D eigenvalue weighted by atomic mass is 127. The van der Waals surface area contributed by atoms with Gasteiger partial charge >= 0.3 is 0 Å². The number of carbonyl (C=O) groups excluding carboxylic acids is 1. The van der Waals surface area contributed by atoms with Crippen LogP contribution in [-0.2, 0) is 11.3 Å². The first kappa shape index (κ1) is 13.4. The van der Waals surface area contributed by atoms with Crippen LogP contribution in [0.1, 0.15) is 24.0 Å². The predicted molar refractivity (Wildman–Crippen MR) is 77.9 cm³/mol. The number of nitrogens with two attached hydrogens (primary N) is 2. The van der Waals surface area contributed by atoms with E-state index in [2.05, 4.69) is 22.6 Å². The second-order valence-electron chi connectivity index (χ2n) is 4.43. The standard InChI is InChI=1S/C12H15IN4O/c13-10-5-8(1-2-9(10)6-14)11(15)12(3-4-12)17(16)7-18/h1-2,5,7,15H,3-4,6,14,16H2. The van der Waals surface area contributed by atoms with E-state index in [0.717, 1.165) is 32.5 Å². The van der Waals surface area contributed by atoms with Crippen LogP contribution in [0.15, 0.2) is 18.2 Å². The lowest BCUT2D eigenvalue weighted by Crippen LogP contribution is -2.47. The summed E-state index contributed by atoms with van der Waals surface area (Å²) in [5.41, 5.74) is 7.26. The van der Waals surface area contributed by atoms with E-state index in [-0.39, 0.29) is 0 Å². The number of halogens is 1. The van der Waals surface area contributed by atoms with Crippen molar-refractivity contribution in [3.05, 3.63) is 32.9 Å². The van der Waals surface area contributed by atoms with Gasteiger partial charge in [0.2, 0.25) is 6.41 Å². The number of rotatable bonds is 5. The van der Waals surface area contributed by atoms with Gasteiger partial charge in [-0.2, -0.15) is 0 Å². The van der Waals surface area contributed by atoms with E-state index in [0.29, 0.717) is 18.7 Å². The minimum Gasteiger partial charge on any atom is -0.326 e. The van der Waals surface area contributed by atoms with Crippen LogP contribution in [0.5, 0.6) is 0 Å². The summed E-state index contributed by atoms with van der Waals surface area (Å²) in [4.78, 5) is 10.8. The van der Waals surface area contributed by atoms with Gasteiger partial charge in [-0.1, -0.05) is 12.1 Å². The first-order valence-corrected chi connectivity index (χ1v) is 6.70. The van der Waals surface area contributed by atoms with Crippen LogP contribution in [0, 0.1) is 8.98 Å². The Kier molecular flexibility index (Phi) is 3.69. The maximum absolute atomic E-state index is 10.8. The number of carbonyl (C=O) groups is 1. The monoisotopic (exact) mass is 358 g/mol. The Labute approximate surface area is 119 Å². The zero-order valence-electron chi connectivity index (χ0n) is 9.82. The van der Waals surface area contributed by atoms with Crippen LogP contribution in [0.2, 0.25) is 0 Å². The third-order valence-corrected chi connectivity index (χ3v) is 4.36. The van der Waals surface area contributed by atoms with Gasteiger partial charge in [-0.25, -0.2) is 5.84 Å². The van der Waals surface area contributed by atoms with E-state index in [1.54, 1.807) is 0 Å². The van der Waals surface area contributed by atoms with E-state index in [4.69, 9.17) is 17.0 Å². The number of hydrogen-bond acceptors (Lipinski definition) is 4. The van der Waals surface area contributed by atoms with Gasteiger partial charge in [0.15, 0.2) is 0 Å². The zero-order chi connectivity index (χ0) is 13.3. The number of nitrogens with zero attached hydrogens (tertiary/aromatic N) is 1. The average Bonchev–Trinajstić information content (AvgIpc) is 3.18. The summed E-state index contributed by atoms with van der Waals surface area (Å²) in [6.45, 7) is 0.481. The van der Waals surface area contributed by atoms with E-state index in [1.807, 2.05) is 18.2 Å². The molecule has 96 valence electrons. The molecule has 0 aromatic heterocycles. The Morgan fingerprint density at radius 2 is 2.22 bits per heavy atom. The highest BCUT2D eigenvalue weighted by molar-refractivity contribution is 14.1. The molecule has 1 aromatic carbocycles. The van der Waals surface area contributed by atoms with Crippen LogP contribution in [0.4, 0.5) is 0 Å². The molecule has 18 heavy (non-hydrogen) atoms. The number of benzene rings is 1. The fourth-order valence-corrected chi connectivity index (χ4v) is 2.73. The van der Waals surface area contributed by atoms with Crippen molar-refractivity contribution in [1.29, 1.82) is 5.41 Å². The number of hydrogen-bond donors (Lipinski definition) is 3. The average molecular weight is 358 g/mol. The maximum Gasteiger partial charge on any atom is 0.224 e. The van der Waals surface area contributed by atoms with Crippen LogP contribution in [0.3, 0.4) is 0 Å². The molecule has 0 atom stereocenters. The molecule has 0 saturated heterocycles. The van der Waals surface area contributed by atoms with Crippen molar-refractivity contribution in [2.24, 2.45) is 11.6 Å². The van der Waals surface area contributed by atoms with Gasteiger partial charge in [-0.05, 0) is 52.6 Å². The molecule has 0 unspecified atom stereocenters. The first-order valence-electron chi connectivity index (χ1n) is 5.62. The smallest absolute Gasteiger partial charge is 0.224 e. The van der Waals surface area contributed by atoms with Crippen molar-refractivity contribution in [1.82, 2.24) is 5.01 Å². The fraction of sp³-hybridized carbons (Fsp3) is 0.333. The predicted octanol–water partition coefficient (Wildman–Crippen LogP) is 0.982. The zero-order valence-corrected chi connectivity index (χ0v) is 12.0. The van der Waals surface area contributed by atoms with Gasteiger partial charge in [-0.15, -0.1) is 0 Å². The molecular weight excluding hydrogens is 343 g/mol. The fourth-order valence-electron chi connectivity index (χ4n) is 1.99. The summed E-state index contributed by atoms with van der Waals surface area (Å²) in [5.74, 6) is 5.65. The number of hydrazine groups is 1. The Morgan fingerprint density at radius 1 is 1.56 bits per heavy atom. The van der Waals surface area contributed by atoms with Gasteiger partial charge in [0.25, 0.3) is 0 Å². The largest absolute Gasteiger partial charge is 0.326 e. The van der Waals surface area contributed by atoms with Gasteiger partial charge in [0.1, 0.15) is 5.54 Å². The Hall–Kier alpha value is -0.990. The van der Waals surface area contributed by atoms with E-state index >= 15 is 0 Å². The number of amides is 1. The summed E-state index contributed by atoms with van der Waals surface area (Å²) >= 11 is 2.20. The molecule has 1 saturated carbocycles. The Bertz CT molecular complexity index is 499. The summed E-state index contributed by atoms with van der Waals surface area (Å²) in [5, 5.41) is 9.35. The Balaban J connectivity index is 2.30. The third kappa shape index (κ3) is 2.15. The highest BCUT2D eigenvalue weighted by Gasteiger charge is 2.51. The topological polar surface area (TPSA) is 96.2 Å². The molecule has 0 radical (unpaired) electrons. The van der Waals surface area contributed by atoms with E-state index < -0.39 is 5.54 Å². The SMILES string of the molecule is N=C(c1ccc(CN)c(I)c1)C1(N(N)C=O)CC1. The minimum absolute atomic E-state index is 0.401. The summed E-state index contributed by atoms with van der Waals surface area (Å²) in [7, 11) is 0. The van der Waals surface area contributed by atoms with Crippen LogP contribution in [-0.4, -0.2) is 22.7 Å². The molecule has 0 bridgehead atoms. The lowest BCUT2D eigenvalue weighted by Gasteiger charge is -2.24. The highest BCUT2D eigenvalue weighted by Crippen LogP contribution is 2.42. The molecule has 1 fully saturated rings. The van der Waals surface area contributed by atoms with Gasteiger partial charge in [0.05, 0.1) is 5.71 Å². The van der Waals surface area contributed by atoms with Crippen LogP contribution in [0.25, 0.3) is 0 Å². The molecule has 1 amide bonds. The van der Waals surface area contributed by atoms with Crippen molar-refractivity contribution in [3.63, 3.8) is 0 Å². The van der Waals surface area contributed by atoms with Gasteiger partial charge in [-0.3, -0.25) is 9.80 Å². The van der Waals surface area contributed by atoms with Crippen molar-refractivity contribution in [3.8, 4) is 0 Å². The van der Waals surface area contributed by atoms with Gasteiger partial charge in [0, 0.05) is 10.1 Å². The molecule has 0 spiro atoms. The second-order valence-corrected chi connectivity index (χ2v) is 5.59. The van der Waals surface area contributed by atoms with Gasteiger partial charge < -0.3 is 11.1 Å². The third-order valence-electron chi connectivity index (χ3n) is 3.36. The lowest BCUT2D eigenvalue weighted by atomic mass is 10.00. The summed E-state index contributed by atoms with van der Waals surface area (Å²) in [6, 6.07) is 5.71. The molecule has 5 N–H and O–H groups in total. The Morgan fingerprint density at radius 3 is 2.67 bits per heavy atom. The van der Waals surface area contributed by atoms with Crippen LogP contribution < -0.4 is 11.6 Å². The molecule has 1 aliphatic rings. The van der Waals surface area contributed by atoms with Crippen LogP contribution >= 0.6 is 22.6 Å². The molecule has 1 aliphatic carbocycles. The second kappa shape index (κ2) is 4.94. The minimum atomic E-state index is -0.602. The van der Waals surface area contributed by atoms with Crippen molar-refractivity contribution in [2.75, 3.05) is 0 Å². The molecule has 0 aliphatic heterocycles. The molecule has 2 rings (SSSR count). The molecule has 6 heteroatoms. The van der Waals surface area contributed by atoms with Crippen molar-refractivity contribution in [2.45, 2.75) is 24.9 Å². The van der Waals surface area contributed by atoms with Crippen molar-refractivity contribution < 1.29 is 4.79 Å². The normalized spacial score (nSPS) is 16.2. The molecule has 5 nitrogen and oxygen atoms in total. The quantitative estimate of drug-likeness (QED) is 0.183. The molecular formula is C12H15IN4O. The van der Waals surface area contributed by atoms with E-state index in [9.17, 15) is 4.79 Å². The van der Waals surface area contributed by atoms with E-state index in [1.165, 1.54) is 0 Å². The summed E-state index contributed by atoms with van der Waals surface area (Å²) < 4.78 is 1.03. The maximum atomic E-state index is 10.8. The summed E-state index contributed by atoms with van der Waals surface area (Å²) in [6.07, 6.45) is 2.08. The molecule has 0 heterocycles. The first-order chi connectivity index (χ1) is 8.55. The lowest BCUT2D eigenvalue weighted by molar-refractivity contribution is -0.119.